The van der Waals surface area contributed by atoms with Crippen LogP contribution < -0.4 is 10.1 Å². The summed E-state index contributed by atoms with van der Waals surface area (Å²) in [6, 6.07) is 10.3. The Bertz CT molecular complexity index is 1010. The van der Waals surface area contributed by atoms with E-state index in [0.29, 0.717) is 27.1 Å². The molecular formula is C20H18Cl2N2O4. The van der Waals surface area contributed by atoms with Gasteiger partial charge in [-0.05, 0) is 24.3 Å². The minimum absolute atomic E-state index is 0.107. The Balaban J connectivity index is 1.64. The molecule has 0 aliphatic rings. The first-order valence-corrected chi connectivity index (χ1v) is 9.16. The number of carbonyl (C=O) groups is 2. The zero-order chi connectivity index (χ0) is 20.3. The van der Waals surface area contributed by atoms with E-state index in [4.69, 9.17) is 32.4 Å². The van der Waals surface area contributed by atoms with E-state index in [0.717, 1.165) is 10.9 Å². The molecule has 0 radical (unpaired) electrons. The molecule has 0 bridgehead atoms. The molecule has 0 spiro atoms. The summed E-state index contributed by atoms with van der Waals surface area (Å²) >= 11 is 12.1. The molecule has 2 aromatic carbocycles. The topological polar surface area (TPSA) is 71.8 Å². The maximum atomic E-state index is 12.5. The van der Waals surface area contributed by atoms with Crippen LogP contribution in [0, 0.1) is 0 Å². The molecule has 0 unspecified atom stereocenters. The number of halogens is 2. The Hall–Kier alpha value is -2.70. The molecule has 0 saturated heterocycles. The van der Waals surface area contributed by atoms with Gasteiger partial charge in [0.15, 0.2) is 0 Å². The van der Waals surface area contributed by atoms with Crippen molar-refractivity contribution in [2.75, 3.05) is 26.0 Å². The van der Waals surface area contributed by atoms with Crippen LogP contribution >= 0.6 is 23.2 Å². The Morgan fingerprint density at radius 2 is 1.89 bits per heavy atom. The molecule has 1 aromatic heterocycles. The van der Waals surface area contributed by atoms with Gasteiger partial charge in [0, 0.05) is 24.1 Å². The zero-order valence-electron chi connectivity index (χ0n) is 15.3. The number of benzene rings is 2. The number of methoxy groups -OCH3 is 1. The number of fused-ring (bicyclic) bond motifs is 1. The molecule has 28 heavy (non-hydrogen) atoms. The van der Waals surface area contributed by atoms with Crippen molar-refractivity contribution in [3.05, 3.63) is 58.3 Å². The summed E-state index contributed by atoms with van der Waals surface area (Å²) in [7, 11) is 3.13. The van der Waals surface area contributed by atoms with Crippen molar-refractivity contribution in [1.82, 2.24) is 4.90 Å². The predicted molar refractivity (Wildman–Crippen MR) is 109 cm³/mol. The summed E-state index contributed by atoms with van der Waals surface area (Å²) in [5, 5.41) is 4.12. The average Bonchev–Trinajstić information content (AvgIpc) is 3.06. The third kappa shape index (κ3) is 4.40. The van der Waals surface area contributed by atoms with Gasteiger partial charge in [-0.3, -0.25) is 9.59 Å². The molecule has 2 amide bonds. The molecule has 0 aliphatic carbocycles. The molecule has 146 valence electrons. The van der Waals surface area contributed by atoms with E-state index in [1.807, 2.05) is 6.07 Å². The van der Waals surface area contributed by atoms with Gasteiger partial charge in [-0.2, -0.15) is 0 Å². The Morgan fingerprint density at radius 3 is 2.57 bits per heavy atom. The second-order valence-electron chi connectivity index (χ2n) is 6.19. The smallest absolute Gasteiger partial charge is 0.244 e. The zero-order valence-corrected chi connectivity index (χ0v) is 16.8. The van der Waals surface area contributed by atoms with Crippen LogP contribution in [-0.4, -0.2) is 37.4 Å². The number of furan rings is 1. The van der Waals surface area contributed by atoms with Crippen molar-refractivity contribution in [1.29, 1.82) is 0 Å². The van der Waals surface area contributed by atoms with Crippen LogP contribution in [0.5, 0.6) is 5.75 Å². The Kier molecular flexibility index (Phi) is 6.11. The first kappa shape index (κ1) is 20.0. The maximum absolute atomic E-state index is 12.5. The third-order valence-electron chi connectivity index (χ3n) is 4.24. The number of amides is 2. The van der Waals surface area contributed by atoms with Crippen LogP contribution in [-0.2, 0) is 16.0 Å². The van der Waals surface area contributed by atoms with Crippen molar-refractivity contribution in [3.8, 4) is 5.75 Å². The highest BCUT2D eigenvalue weighted by Crippen LogP contribution is 2.30. The SMILES string of the molecule is COc1ccc2c(CC(=O)N(C)CC(=O)Nc3c(Cl)cccc3Cl)coc2c1. The van der Waals surface area contributed by atoms with Crippen molar-refractivity contribution < 1.29 is 18.7 Å². The van der Waals surface area contributed by atoms with E-state index in [1.165, 1.54) is 4.90 Å². The van der Waals surface area contributed by atoms with Crippen LogP contribution in [0.1, 0.15) is 5.56 Å². The average molecular weight is 421 g/mol. The lowest BCUT2D eigenvalue weighted by molar-refractivity contribution is -0.132. The van der Waals surface area contributed by atoms with Crippen LogP contribution in [0.25, 0.3) is 11.0 Å². The van der Waals surface area contributed by atoms with Gasteiger partial charge in [0.25, 0.3) is 0 Å². The Morgan fingerprint density at radius 1 is 1.18 bits per heavy atom. The third-order valence-corrected chi connectivity index (χ3v) is 4.87. The summed E-state index contributed by atoms with van der Waals surface area (Å²) in [4.78, 5) is 26.1. The number of para-hydroxylation sites is 1. The van der Waals surface area contributed by atoms with Crippen molar-refractivity contribution in [3.63, 3.8) is 0 Å². The van der Waals surface area contributed by atoms with Gasteiger partial charge in [0.2, 0.25) is 11.8 Å². The van der Waals surface area contributed by atoms with Gasteiger partial charge in [-0.15, -0.1) is 0 Å². The first-order chi connectivity index (χ1) is 13.4. The van der Waals surface area contributed by atoms with Gasteiger partial charge in [0.1, 0.15) is 11.3 Å². The van der Waals surface area contributed by atoms with Crippen molar-refractivity contribution in [2.24, 2.45) is 0 Å². The van der Waals surface area contributed by atoms with Gasteiger partial charge < -0.3 is 19.4 Å². The van der Waals surface area contributed by atoms with Crippen LogP contribution in [0.15, 0.2) is 47.1 Å². The summed E-state index contributed by atoms with van der Waals surface area (Å²) in [6.45, 7) is -0.135. The highest BCUT2D eigenvalue weighted by molar-refractivity contribution is 6.39. The summed E-state index contributed by atoms with van der Waals surface area (Å²) < 4.78 is 10.7. The lowest BCUT2D eigenvalue weighted by atomic mass is 10.1. The number of carbonyl (C=O) groups excluding carboxylic acids is 2. The normalized spacial score (nSPS) is 10.7. The molecule has 1 N–H and O–H groups in total. The predicted octanol–water partition coefficient (Wildman–Crippen LogP) is 4.39. The maximum Gasteiger partial charge on any atom is 0.244 e. The fraction of sp³-hybridized carbons (Fsp3) is 0.200. The number of hydrogen-bond acceptors (Lipinski definition) is 4. The van der Waals surface area contributed by atoms with Crippen molar-refractivity contribution >= 4 is 51.7 Å². The number of nitrogens with one attached hydrogen (secondary N) is 1. The number of ether oxygens (including phenoxy) is 1. The van der Waals surface area contributed by atoms with Gasteiger partial charge in [-0.1, -0.05) is 29.3 Å². The monoisotopic (exact) mass is 420 g/mol. The van der Waals surface area contributed by atoms with E-state index in [-0.39, 0.29) is 18.9 Å². The van der Waals surface area contributed by atoms with E-state index >= 15 is 0 Å². The van der Waals surface area contributed by atoms with E-state index < -0.39 is 5.91 Å². The van der Waals surface area contributed by atoms with Crippen LogP contribution in [0.3, 0.4) is 0 Å². The summed E-state index contributed by atoms with van der Waals surface area (Å²) in [5.74, 6) is 0.0540. The molecule has 0 atom stereocenters. The lowest BCUT2D eigenvalue weighted by Crippen LogP contribution is -2.35. The van der Waals surface area contributed by atoms with Gasteiger partial charge >= 0.3 is 0 Å². The van der Waals surface area contributed by atoms with E-state index in [9.17, 15) is 9.59 Å². The molecule has 0 saturated carbocycles. The highest BCUT2D eigenvalue weighted by atomic mass is 35.5. The molecule has 1 heterocycles. The molecule has 3 rings (SSSR count). The minimum atomic E-state index is -0.396. The Labute approximate surface area is 172 Å². The minimum Gasteiger partial charge on any atom is -0.497 e. The fourth-order valence-corrected chi connectivity index (χ4v) is 3.22. The van der Waals surface area contributed by atoms with Crippen LogP contribution in [0.2, 0.25) is 10.0 Å². The summed E-state index contributed by atoms with van der Waals surface area (Å²) in [6.07, 6.45) is 1.65. The number of likely N-dealkylation sites (N-methyl/N-ethyl adjacent to an activating group) is 1. The molecule has 8 heteroatoms. The number of nitrogens with zero attached hydrogens (tertiary/aromatic N) is 1. The molecular weight excluding hydrogens is 403 g/mol. The molecule has 0 fully saturated rings. The standard InChI is InChI=1S/C20H18Cl2N2O4/c1-24(10-18(25)23-20-15(21)4-3-5-16(20)22)19(26)8-12-11-28-17-9-13(27-2)6-7-14(12)17/h3-7,9,11H,8,10H2,1-2H3,(H,23,25). The first-order valence-electron chi connectivity index (χ1n) is 8.41. The molecule has 3 aromatic rings. The molecule has 6 nitrogen and oxygen atoms in total. The van der Waals surface area contributed by atoms with E-state index in [2.05, 4.69) is 5.32 Å². The number of hydrogen-bond donors (Lipinski definition) is 1. The second kappa shape index (κ2) is 8.54. The van der Waals surface area contributed by atoms with Crippen molar-refractivity contribution in [2.45, 2.75) is 6.42 Å². The second-order valence-corrected chi connectivity index (χ2v) is 7.01. The van der Waals surface area contributed by atoms with Gasteiger partial charge in [-0.25, -0.2) is 0 Å². The fourth-order valence-electron chi connectivity index (χ4n) is 2.73. The summed E-state index contributed by atoms with van der Waals surface area (Å²) in [5.41, 5.74) is 1.70. The quantitative estimate of drug-likeness (QED) is 0.641. The largest absolute Gasteiger partial charge is 0.497 e. The van der Waals surface area contributed by atoms with E-state index in [1.54, 1.807) is 50.8 Å². The number of anilines is 1. The molecule has 0 aliphatic heterocycles. The lowest BCUT2D eigenvalue weighted by Gasteiger charge is -2.17. The highest BCUT2D eigenvalue weighted by Gasteiger charge is 2.18. The van der Waals surface area contributed by atoms with Crippen LogP contribution in [0.4, 0.5) is 5.69 Å². The van der Waals surface area contributed by atoms with Gasteiger partial charge in [0.05, 0.1) is 42.1 Å². The number of rotatable bonds is 6.